The average Bonchev–Trinajstić information content (AvgIpc) is 3.11. The summed E-state index contributed by atoms with van der Waals surface area (Å²) in [5, 5.41) is 4.11. The van der Waals surface area contributed by atoms with Gasteiger partial charge in [0.25, 0.3) is 0 Å². The number of esters is 1. The largest absolute Gasteiger partial charge is 0.466 e. The van der Waals surface area contributed by atoms with Crippen LogP contribution in [0.2, 0.25) is 0 Å². The van der Waals surface area contributed by atoms with Crippen molar-refractivity contribution < 1.29 is 14.1 Å². The molecule has 0 bridgehead atoms. The number of carbonyl (C=O) groups is 1. The number of aromatic nitrogens is 2. The van der Waals surface area contributed by atoms with Gasteiger partial charge in [-0.15, -0.1) is 0 Å². The zero-order valence-corrected chi connectivity index (χ0v) is 15.8. The average molecular weight is 357 g/mol. The maximum absolute atomic E-state index is 11.8. The molecule has 1 aliphatic heterocycles. The highest BCUT2D eigenvalue weighted by atomic mass is 16.5. The van der Waals surface area contributed by atoms with Crippen molar-refractivity contribution in [2.45, 2.75) is 46.1 Å². The van der Waals surface area contributed by atoms with Crippen LogP contribution in [-0.2, 0) is 16.1 Å². The van der Waals surface area contributed by atoms with Crippen LogP contribution >= 0.6 is 0 Å². The van der Waals surface area contributed by atoms with Crippen molar-refractivity contribution in [2.75, 3.05) is 19.7 Å². The summed E-state index contributed by atoms with van der Waals surface area (Å²) in [5.41, 5.74) is 2.26. The first kappa shape index (κ1) is 18.6. The Morgan fingerprint density at radius 1 is 1.27 bits per heavy atom. The number of likely N-dealkylation sites (tertiary alicyclic amines) is 1. The molecule has 26 heavy (non-hydrogen) atoms. The van der Waals surface area contributed by atoms with E-state index < -0.39 is 0 Å². The summed E-state index contributed by atoms with van der Waals surface area (Å²) in [4.78, 5) is 18.6. The van der Waals surface area contributed by atoms with E-state index in [0.29, 0.717) is 30.8 Å². The minimum atomic E-state index is -0.0722. The quantitative estimate of drug-likeness (QED) is 0.735. The Morgan fingerprint density at radius 3 is 2.58 bits per heavy atom. The molecular formula is C20H27N3O3. The summed E-state index contributed by atoms with van der Waals surface area (Å²) >= 11 is 0. The zero-order chi connectivity index (χ0) is 18.5. The molecule has 0 saturated carbocycles. The molecule has 1 saturated heterocycles. The summed E-state index contributed by atoms with van der Waals surface area (Å²) in [6, 6.07) is 8.29. The van der Waals surface area contributed by atoms with E-state index in [4.69, 9.17) is 9.26 Å². The molecule has 1 fully saturated rings. The standard InChI is InChI=1S/C20H27N3O3/c1-4-25-20(24)17-9-11-23(12-10-17)13-18-21-19(22-26-18)16-7-5-15(6-8-16)14(2)3/h5-8,14,17H,4,9-13H2,1-3H3. The van der Waals surface area contributed by atoms with Crippen LogP contribution in [0.4, 0.5) is 0 Å². The van der Waals surface area contributed by atoms with E-state index in [1.165, 1.54) is 5.56 Å². The second-order valence-corrected chi connectivity index (χ2v) is 7.09. The molecule has 2 heterocycles. The normalized spacial score (nSPS) is 16.2. The molecule has 140 valence electrons. The van der Waals surface area contributed by atoms with Crippen molar-refractivity contribution in [3.63, 3.8) is 0 Å². The number of carbonyl (C=O) groups excluding carboxylic acids is 1. The third kappa shape index (κ3) is 4.49. The lowest BCUT2D eigenvalue weighted by Crippen LogP contribution is -2.36. The summed E-state index contributed by atoms with van der Waals surface area (Å²) in [5.74, 6) is 1.68. The van der Waals surface area contributed by atoms with Crippen molar-refractivity contribution in [1.82, 2.24) is 15.0 Å². The molecule has 0 amide bonds. The Balaban J connectivity index is 1.55. The predicted octanol–water partition coefficient (Wildman–Crippen LogP) is 3.64. The number of hydrogen-bond donors (Lipinski definition) is 0. The van der Waals surface area contributed by atoms with Gasteiger partial charge in [0.1, 0.15) is 0 Å². The van der Waals surface area contributed by atoms with Gasteiger partial charge in [-0.1, -0.05) is 43.3 Å². The lowest BCUT2D eigenvalue weighted by atomic mass is 9.97. The van der Waals surface area contributed by atoms with Gasteiger partial charge < -0.3 is 9.26 Å². The fraction of sp³-hybridized carbons (Fsp3) is 0.550. The van der Waals surface area contributed by atoms with Crippen LogP contribution < -0.4 is 0 Å². The topological polar surface area (TPSA) is 68.5 Å². The van der Waals surface area contributed by atoms with E-state index in [2.05, 4.69) is 41.0 Å². The highest BCUT2D eigenvalue weighted by Crippen LogP contribution is 2.23. The molecule has 0 spiro atoms. The summed E-state index contributed by atoms with van der Waals surface area (Å²) in [7, 11) is 0. The second kappa shape index (κ2) is 8.45. The third-order valence-corrected chi connectivity index (χ3v) is 4.87. The first-order chi connectivity index (χ1) is 12.6. The highest BCUT2D eigenvalue weighted by Gasteiger charge is 2.26. The lowest BCUT2D eigenvalue weighted by molar-refractivity contribution is -0.149. The van der Waals surface area contributed by atoms with Crippen LogP contribution in [-0.4, -0.2) is 40.7 Å². The van der Waals surface area contributed by atoms with Crippen LogP contribution in [0.5, 0.6) is 0 Å². The molecule has 0 atom stereocenters. The molecule has 6 nitrogen and oxygen atoms in total. The monoisotopic (exact) mass is 357 g/mol. The van der Waals surface area contributed by atoms with Gasteiger partial charge in [-0.2, -0.15) is 4.98 Å². The van der Waals surface area contributed by atoms with Crippen molar-refractivity contribution in [3.05, 3.63) is 35.7 Å². The number of nitrogens with zero attached hydrogens (tertiary/aromatic N) is 3. The Hall–Kier alpha value is -2.21. The number of rotatable bonds is 6. The third-order valence-electron chi connectivity index (χ3n) is 4.87. The maximum atomic E-state index is 11.8. The Kier molecular flexibility index (Phi) is 6.04. The van der Waals surface area contributed by atoms with E-state index in [1.807, 2.05) is 19.1 Å². The summed E-state index contributed by atoms with van der Waals surface area (Å²) in [6.07, 6.45) is 1.63. The van der Waals surface area contributed by atoms with Gasteiger partial charge in [0.05, 0.1) is 19.1 Å². The Morgan fingerprint density at radius 2 is 1.96 bits per heavy atom. The molecule has 3 rings (SSSR count). The van der Waals surface area contributed by atoms with Crippen molar-refractivity contribution in [1.29, 1.82) is 0 Å². The molecule has 1 aromatic carbocycles. The zero-order valence-electron chi connectivity index (χ0n) is 15.8. The fourth-order valence-corrected chi connectivity index (χ4v) is 3.23. The van der Waals surface area contributed by atoms with Gasteiger partial charge in [-0.05, 0) is 44.3 Å². The van der Waals surface area contributed by atoms with Crippen LogP contribution in [0.25, 0.3) is 11.4 Å². The second-order valence-electron chi connectivity index (χ2n) is 7.09. The molecule has 2 aromatic rings. The molecule has 1 aliphatic rings. The van der Waals surface area contributed by atoms with Gasteiger partial charge in [-0.25, -0.2) is 0 Å². The smallest absolute Gasteiger partial charge is 0.309 e. The molecule has 0 N–H and O–H groups in total. The number of piperidine rings is 1. The van der Waals surface area contributed by atoms with E-state index in [1.54, 1.807) is 0 Å². The van der Waals surface area contributed by atoms with Gasteiger partial charge in [-0.3, -0.25) is 9.69 Å². The lowest BCUT2D eigenvalue weighted by Gasteiger charge is -2.29. The molecular weight excluding hydrogens is 330 g/mol. The minimum Gasteiger partial charge on any atom is -0.466 e. The number of hydrogen-bond acceptors (Lipinski definition) is 6. The molecule has 0 unspecified atom stereocenters. The SMILES string of the molecule is CCOC(=O)C1CCN(Cc2nc(-c3ccc(C(C)C)cc3)no2)CC1. The van der Waals surface area contributed by atoms with Crippen molar-refractivity contribution in [2.24, 2.45) is 5.92 Å². The first-order valence-corrected chi connectivity index (χ1v) is 9.38. The molecule has 1 aromatic heterocycles. The van der Waals surface area contributed by atoms with Gasteiger partial charge >= 0.3 is 5.97 Å². The highest BCUT2D eigenvalue weighted by molar-refractivity contribution is 5.72. The van der Waals surface area contributed by atoms with Crippen LogP contribution in [0.1, 0.15) is 51.0 Å². The van der Waals surface area contributed by atoms with E-state index in [0.717, 1.165) is 31.5 Å². The minimum absolute atomic E-state index is 0.0175. The van der Waals surface area contributed by atoms with Gasteiger partial charge in [0.15, 0.2) is 0 Å². The van der Waals surface area contributed by atoms with E-state index in [-0.39, 0.29) is 11.9 Å². The van der Waals surface area contributed by atoms with Crippen LogP contribution in [0.3, 0.4) is 0 Å². The first-order valence-electron chi connectivity index (χ1n) is 9.38. The maximum Gasteiger partial charge on any atom is 0.309 e. The molecule has 0 aliphatic carbocycles. The van der Waals surface area contributed by atoms with Crippen molar-refractivity contribution in [3.8, 4) is 11.4 Å². The predicted molar refractivity (Wildman–Crippen MR) is 98.5 cm³/mol. The summed E-state index contributed by atoms with van der Waals surface area (Å²) < 4.78 is 10.5. The van der Waals surface area contributed by atoms with Crippen LogP contribution in [0.15, 0.2) is 28.8 Å². The number of benzene rings is 1. The fourth-order valence-electron chi connectivity index (χ4n) is 3.23. The Labute approximate surface area is 154 Å². The van der Waals surface area contributed by atoms with Crippen molar-refractivity contribution >= 4 is 5.97 Å². The van der Waals surface area contributed by atoms with E-state index >= 15 is 0 Å². The molecule has 0 radical (unpaired) electrons. The Bertz CT molecular complexity index is 716. The number of ether oxygens (including phenoxy) is 1. The van der Waals surface area contributed by atoms with Crippen LogP contribution in [0, 0.1) is 5.92 Å². The van der Waals surface area contributed by atoms with Gasteiger partial charge in [0, 0.05) is 5.56 Å². The van der Waals surface area contributed by atoms with E-state index in [9.17, 15) is 4.79 Å². The van der Waals surface area contributed by atoms with Gasteiger partial charge in [0.2, 0.25) is 11.7 Å². The summed E-state index contributed by atoms with van der Waals surface area (Å²) in [6.45, 7) is 8.93. The molecule has 6 heteroatoms.